The molecule has 2 rings (SSSR count). The molecule has 0 radical (unpaired) electrons. The van der Waals surface area contributed by atoms with E-state index in [9.17, 15) is 0 Å². The van der Waals surface area contributed by atoms with Gasteiger partial charge in [0.25, 0.3) is 0 Å². The quantitative estimate of drug-likeness (QED) is 0.828. The van der Waals surface area contributed by atoms with E-state index < -0.39 is 0 Å². The number of pyridine rings is 1. The Labute approximate surface area is 128 Å². The average molecular weight is 335 g/mol. The first kappa shape index (κ1) is 14.9. The van der Waals surface area contributed by atoms with E-state index in [-0.39, 0.29) is 6.10 Å². The van der Waals surface area contributed by atoms with Crippen LogP contribution in [-0.4, -0.2) is 11.1 Å². The van der Waals surface area contributed by atoms with Gasteiger partial charge in [-0.25, -0.2) is 4.98 Å². The first-order chi connectivity index (χ1) is 9.58. The fourth-order valence-corrected chi connectivity index (χ4v) is 1.94. The molecular weight excluding hydrogens is 316 g/mol. The Morgan fingerprint density at radius 3 is 2.85 bits per heavy atom. The minimum Gasteiger partial charge on any atom is -0.491 e. The fraction of sp³-hybridized carbons (Fsp3) is 0.312. The van der Waals surface area contributed by atoms with Crippen molar-refractivity contribution < 1.29 is 4.74 Å². The molecule has 1 heterocycles. The third kappa shape index (κ3) is 3.97. The Kier molecular flexibility index (Phi) is 5.01. The van der Waals surface area contributed by atoms with Gasteiger partial charge >= 0.3 is 0 Å². The van der Waals surface area contributed by atoms with Crippen LogP contribution in [-0.2, 0) is 0 Å². The summed E-state index contributed by atoms with van der Waals surface area (Å²) in [6.45, 7) is 6.22. The van der Waals surface area contributed by atoms with Crippen LogP contribution in [0.15, 0.2) is 41.0 Å². The molecule has 106 valence electrons. The van der Waals surface area contributed by atoms with Gasteiger partial charge in [-0.3, -0.25) is 0 Å². The van der Waals surface area contributed by atoms with Crippen molar-refractivity contribution in [1.29, 1.82) is 0 Å². The summed E-state index contributed by atoms with van der Waals surface area (Å²) in [6, 6.07) is 9.95. The van der Waals surface area contributed by atoms with E-state index in [2.05, 4.69) is 40.1 Å². The third-order valence-corrected chi connectivity index (χ3v) is 3.90. The maximum absolute atomic E-state index is 5.82. The number of halogens is 1. The lowest BCUT2D eigenvalue weighted by molar-refractivity contribution is 0.217. The Morgan fingerprint density at radius 2 is 2.15 bits per heavy atom. The highest BCUT2D eigenvalue weighted by Gasteiger charge is 2.03. The number of hydrogen-bond donors (Lipinski definition) is 1. The van der Waals surface area contributed by atoms with Gasteiger partial charge in [0, 0.05) is 22.4 Å². The predicted octanol–water partition coefficient (Wildman–Crippen LogP) is 5.07. The lowest BCUT2D eigenvalue weighted by atomic mass is 10.2. The molecule has 1 atom stereocenters. The molecule has 0 aliphatic heterocycles. The van der Waals surface area contributed by atoms with E-state index in [0.29, 0.717) is 0 Å². The van der Waals surface area contributed by atoms with Crippen molar-refractivity contribution in [2.75, 3.05) is 5.32 Å². The third-order valence-electron chi connectivity index (χ3n) is 3.07. The number of nitrogens with one attached hydrogen (secondary N) is 1. The molecule has 0 spiro atoms. The van der Waals surface area contributed by atoms with Crippen LogP contribution >= 0.6 is 15.9 Å². The standard InChI is InChI=1S/C16H19BrN2O/c1-4-12(3)20-14-7-5-6-13(9-14)19-16-8-11(2)15(17)10-18-16/h5-10,12H,4H2,1-3H3,(H,18,19). The van der Waals surface area contributed by atoms with Crippen LogP contribution < -0.4 is 10.1 Å². The minimum atomic E-state index is 0.221. The van der Waals surface area contributed by atoms with Gasteiger partial charge in [-0.15, -0.1) is 0 Å². The molecular formula is C16H19BrN2O. The molecule has 0 bridgehead atoms. The maximum atomic E-state index is 5.82. The van der Waals surface area contributed by atoms with Crippen LogP contribution in [0.4, 0.5) is 11.5 Å². The lowest BCUT2D eigenvalue weighted by Gasteiger charge is -2.14. The van der Waals surface area contributed by atoms with Gasteiger partial charge in [0.1, 0.15) is 11.6 Å². The number of rotatable bonds is 5. The molecule has 2 aromatic rings. The summed E-state index contributed by atoms with van der Waals surface area (Å²) in [5, 5.41) is 3.29. The Balaban J connectivity index is 2.12. The van der Waals surface area contributed by atoms with Crippen LogP contribution in [0.5, 0.6) is 5.75 Å². The van der Waals surface area contributed by atoms with Crippen molar-refractivity contribution in [2.24, 2.45) is 0 Å². The molecule has 1 aromatic heterocycles. The average Bonchev–Trinajstić information content (AvgIpc) is 2.43. The van der Waals surface area contributed by atoms with E-state index in [1.165, 1.54) is 0 Å². The van der Waals surface area contributed by atoms with Gasteiger partial charge in [0.05, 0.1) is 6.10 Å². The van der Waals surface area contributed by atoms with Crippen LogP contribution in [0.25, 0.3) is 0 Å². The second-order valence-electron chi connectivity index (χ2n) is 4.81. The molecule has 0 saturated carbocycles. The number of nitrogens with zero attached hydrogens (tertiary/aromatic N) is 1. The van der Waals surface area contributed by atoms with Crippen LogP contribution in [0.2, 0.25) is 0 Å². The first-order valence-corrected chi connectivity index (χ1v) is 7.53. The first-order valence-electron chi connectivity index (χ1n) is 6.74. The monoisotopic (exact) mass is 334 g/mol. The van der Waals surface area contributed by atoms with Gasteiger partial charge in [0.2, 0.25) is 0 Å². The van der Waals surface area contributed by atoms with E-state index in [1.807, 2.05) is 37.3 Å². The normalized spacial score (nSPS) is 12.0. The van der Waals surface area contributed by atoms with E-state index in [1.54, 1.807) is 6.20 Å². The number of benzene rings is 1. The van der Waals surface area contributed by atoms with Crippen molar-refractivity contribution >= 4 is 27.4 Å². The van der Waals surface area contributed by atoms with Gasteiger partial charge in [0.15, 0.2) is 0 Å². The summed E-state index contributed by atoms with van der Waals surface area (Å²) >= 11 is 3.45. The Hall–Kier alpha value is -1.55. The van der Waals surface area contributed by atoms with Gasteiger partial charge in [-0.1, -0.05) is 13.0 Å². The van der Waals surface area contributed by atoms with Crippen LogP contribution in [0.3, 0.4) is 0 Å². The SMILES string of the molecule is CCC(C)Oc1cccc(Nc2cc(C)c(Br)cn2)c1. The molecule has 0 aliphatic rings. The highest BCUT2D eigenvalue weighted by atomic mass is 79.9. The number of aryl methyl sites for hydroxylation is 1. The summed E-state index contributed by atoms with van der Waals surface area (Å²) in [5.41, 5.74) is 2.12. The van der Waals surface area contributed by atoms with Crippen molar-refractivity contribution in [3.63, 3.8) is 0 Å². The highest BCUT2D eigenvalue weighted by Crippen LogP contribution is 2.23. The van der Waals surface area contributed by atoms with Gasteiger partial charge in [-0.2, -0.15) is 0 Å². The predicted molar refractivity (Wildman–Crippen MR) is 86.8 cm³/mol. The summed E-state index contributed by atoms with van der Waals surface area (Å²) in [5.74, 6) is 1.70. The number of anilines is 2. The zero-order valence-corrected chi connectivity index (χ0v) is 13.6. The molecule has 1 unspecified atom stereocenters. The van der Waals surface area contributed by atoms with Crippen molar-refractivity contribution in [3.8, 4) is 5.75 Å². The molecule has 4 heteroatoms. The highest BCUT2D eigenvalue weighted by molar-refractivity contribution is 9.10. The molecule has 0 saturated heterocycles. The topological polar surface area (TPSA) is 34.1 Å². The van der Waals surface area contributed by atoms with Crippen molar-refractivity contribution in [3.05, 3.63) is 46.6 Å². The molecule has 0 amide bonds. The Morgan fingerprint density at radius 1 is 1.35 bits per heavy atom. The summed E-state index contributed by atoms with van der Waals surface area (Å²) in [6.07, 6.45) is 3.01. The lowest BCUT2D eigenvalue weighted by Crippen LogP contribution is -2.09. The van der Waals surface area contributed by atoms with Crippen LogP contribution in [0, 0.1) is 6.92 Å². The largest absolute Gasteiger partial charge is 0.491 e. The molecule has 3 nitrogen and oxygen atoms in total. The molecule has 20 heavy (non-hydrogen) atoms. The van der Waals surface area contributed by atoms with Crippen LogP contribution in [0.1, 0.15) is 25.8 Å². The molecule has 1 N–H and O–H groups in total. The minimum absolute atomic E-state index is 0.221. The van der Waals surface area contributed by atoms with E-state index in [4.69, 9.17) is 4.74 Å². The van der Waals surface area contributed by atoms with E-state index in [0.717, 1.165) is 33.7 Å². The molecule has 1 aromatic carbocycles. The Bertz CT molecular complexity index is 586. The number of aromatic nitrogens is 1. The summed E-state index contributed by atoms with van der Waals surface area (Å²) in [4.78, 5) is 4.34. The maximum Gasteiger partial charge on any atom is 0.130 e. The molecule has 0 aliphatic carbocycles. The van der Waals surface area contributed by atoms with Crippen molar-refractivity contribution in [1.82, 2.24) is 4.98 Å². The van der Waals surface area contributed by atoms with Gasteiger partial charge < -0.3 is 10.1 Å². The van der Waals surface area contributed by atoms with Gasteiger partial charge in [-0.05, 0) is 60.0 Å². The fourth-order valence-electron chi connectivity index (χ4n) is 1.72. The number of hydrogen-bond acceptors (Lipinski definition) is 3. The summed E-state index contributed by atoms with van der Waals surface area (Å²) in [7, 11) is 0. The van der Waals surface area contributed by atoms with E-state index >= 15 is 0 Å². The smallest absolute Gasteiger partial charge is 0.130 e. The molecule has 0 fully saturated rings. The second kappa shape index (κ2) is 6.75. The zero-order valence-electron chi connectivity index (χ0n) is 12.0. The summed E-state index contributed by atoms with van der Waals surface area (Å²) < 4.78 is 6.83. The number of ether oxygens (including phenoxy) is 1. The van der Waals surface area contributed by atoms with Crippen molar-refractivity contribution in [2.45, 2.75) is 33.3 Å². The second-order valence-corrected chi connectivity index (χ2v) is 5.66. The zero-order chi connectivity index (χ0) is 14.5.